The van der Waals surface area contributed by atoms with Crippen LogP contribution in [0.15, 0.2) is 29.2 Å². The molecule has 0 saturated heterocycles. The lowest BCUT2D eigenvalue weighted by atomic mass is 10.3. The van der Waals surface area contributed by atoms with Gasteiger partial charge in [0.15, 0.2) is 0 Å². The molecule has 0 aliphatic heterocycles. The van der Waals surface area contributed by atoms with Gasteiger partial charge in [0, 0.05) is 4.90 Å². The quantitative estimate of drug-likeness (QED) is 0.689. The summed E-state index contributed by atoms with van der Waals surface area (Å²) >= 11 is 1.46. The van der Waals surface area contributed by atoms with Gasteiger partial charge in [-0.1, -0.05) is 21.3 Å². The van der Waals surface area contributed by atoms with Crippen LogP contribution in [0.5, 0.6) is 5.75 Å². The predicted molar refractivity (Wildman–Crippen MR) is 63.0 cm³/mol. The largest absolute Gasteiger partial charge is 0.573 e. The molecule has 0 amide bonds. The number of hydrogen-bond donors (Lipinski definition) is 0. The van der Waals surface area contributed by atoms with Gasteiger partial charge in [-0.3, -0.25) is 0 Å². The van der Waals surface area contributed by atoms with Crippen molar-refractivity contribution in [2.75, 3.05) is 6.26 Å². The first-order valence-electron chi connectivity index (χ1n) is 4.41. The Labute approximate surface area is 99.0 Å². The molecule has 0 heterocycles. The molecule has 0 aliphatic carbocycles. The van der Waals surface area contributed by atoms with Gasteiger partial charge >= 0.3 is 6.36 Å². The Morgan fingerprint density at radius 2 is 1.50 bits per heavy atom. The van der Waals surface area contributed by atoms with Gasteiger partial charge in [0.25, 0.3) is 0 Å². The molecule has 0 fully saturated rings. The summed E-state index contributed by atoms with van der Waals surface area (Å²) in [5.41, 5.74) is 0. The third kappa shape index (κ3) is 7.45. The van der Waals surface area contributed by atoms with Crippen molar-refractivity contribution in [3.05, 3.63) is 24.3 Å². The first-order chi connectivity index (χ1) is 7.01. The van der Waals surface area contributed by atoms with E-state index in [0.29, 0.717) is 0 Å². The summed E-state index contributed by atoms with van der Waals surface area (Å²) in [7, 11) is 0. The summed E-state index contributed by atoms with van der Waals surface area (Å²) in [6, 6.07) is 5.73. The van der Waals surface area contributed by atoms with Crippen LogP contribution in [0.1, 0.15) is 21.3 Å². The summed E-state index contributed by atoms with van der Waals surface area (Å²) in [4.78, 5) is 0.898. The maximum atomic E-state index is 11.7. The molecule has 94 valence electrons. The SMILES string of the molecule is C.CC.CSc1ccc(OC(F)(F)F)cc1. The average Bonchev–Trinajstić information content (AvgIpc) is 2.20. The van der Waals surface area contributed by atoms with Gasteiger partial charge in [-0.2, -0.15) is 0 Å². The highest BCUT2D eigenvalue weighted by Gasteiger charge is 2.30. The van der Waals surface area contributed by atoms with Crippen molar-refractivity contribution in [1.29, 1.82) is 0 Å². The van der Waals surface area contributed by atoms with Gasteiger partial charge in [-0.15, -0.1) is 24.9 Å². The highest BCUT2D eigenvalue weighted by molar-refractivity contribution is 7.98. The van der Waals surface area contributed by atoms with E-state index in [1.54, 1.807) is 12.1 Å². The van der Waals surface area contributed by atoms with Crippen molar-refractivity contribution >= 4 is 11.8 Å². The molecule has 0 radical (unpaired) electrons. The van der Waals surface area contributed by atoms with Crippen molar-refractivity contribution < 1.29 is 17.9 Å². The van der Waals surface area contributed by atoms with Crippen LogP contribution in [0.4, 0.5) is 13.2 Å². The van der Waals surface area contributed by atoms with Crippen LogP contribution in [0.25, 0.3) is 0 Å². The number of thioether (sulfide) groups is 1. The number of halogens is 3. The first-order valence-corrected chi connectivity index (χ1v) is 5.63. The fraction of sp³-hybridized carbons (Fsp3) is 0.455. The van der Waals surface area contributed by atoms with Gasteiger partial charge in [0.05, 0.1) is 0 Å². The van der Waals surface area contributed by atoms with Crippen molar-refractivity contribution in [3.8, 4) is 5.75 Å². The van der Waals surface area contributed by atoms with E-state index in [4.69, 9.17) is 0 Å². The van der Waals surface area contributed by atoms with Crippen molar-refractivity contribution in [1.82, 2.24) is 0 Å². The zero-order valence-electron chi connectivity index (χ0n) is 8.76. The Hall–Kier alpha value is -0.840. The van der Waals surface area contributed by atoms with E-state index in [-0.39, 0.29) is 13.2 Å². The number of alkyl halides is 3. The zero-order valence-corrected chi connectivity index (χ0v) is 9.58. The van der Waals surface area contributed by atoms with Crippen molar-refractivity contribution in [2.24, 2.45) is 0 Å². The summed E-state index contributed by atoms with van der Waals surface area (Å²) in [6.07, 6.45) is -2.76. The standard InChI is InChI=1S/C8H7F3OS.C2H6.CH4/c1-13-7-4-2-6(3-5-7)12-8(9,10)11;1-2;/h2-5H,1H3;1-2H3;1H4. The van der Waals surface area contributed by atoms with E-state index in [0.717, 1.165) is 4.90 Å². The summed E-state index contributed by atoms with van der Waals surface area (Å²) in [5.74, 6) is -0.190. The zero-order chi connectivity index (χ0) is 11.9. The monoisotopic (exact) mass is 254 g/mol. The van der Waals surface area contributed by atoms with E-state index in [1.165, 1.54) is 23.9 Å². The highest BCUT2D eigenvalue weighted by atomic mass is 32.2. The van der Waals surface area contributed by atoms with Gasteiger partial charge in [0.2, 0.25) is 0 Å². The number of rotatable bonds is 2. The Morgan fingerprint density at radius 3 is 1.81 bits per heavy atom. The second-order valence-electron chi connectivity index (χ2n) is 2.22. The lowest BCUT2D eigenvalue weighted by Gasteiger charge is -2.08. The lowest BCUT2D eigenvalue weighted by molar-refractivity contribution is -0.274. The highest BCUT2D eigenvalue weighted by Crippen LogP contribution is 2.24. The van der Waals surface area contributed by atoms with Gasteiger partial charge in [-0.25, -0.2) is 0 Å². The molecular weight excluding hydrogens is 237 g/mol. The van der Waals surface area contributed by atoms with Crippen LogP contribution in [0.3, 0.4) is 0 Å². The first kappa shape index (κ1) is 17.6. The fourth-order valence-corrected chi connectivity index (χ4v) is 1.19. The molecule has 5 heteroatoms. The molecule has 0 N–H and O–H groups in total. The predicted octanol–water partition coefficient (Wildman–Crippen LogP) is 4.97. The van der Waals surface area contributed by atoms with Crippen LogP contribution in [0.2, 0.25) is 0 Å². The minimum Gasteiger partial charge on any atom is -0.406 e. The smallest absolute Gasteiger partial charge is 0.406 e. The van der Waals surface area contributed by atoms with E-state index in [2.05, 4.69) is 4.74 Å². The summed E-state index contributed by atoms with van der Waals surface area (Å²) in [6.45, 7) is 4.00. The Bertz CT molecular complexity index is 270. The van der Waals surface area contributed by atoms with Crippen molar-refractivity contribution in [2.45, 2.75) is 32.5 Å². The minimum atomic E-state index is -4.61. The maximum absolute atomic E-state index is 11.7. The Kier molecular flexibility index (Phi) is 9.14. The molecule has 1 aromatic carbocycles. The Morgan fingerprint density at radius 1 is 1.06 bits per heavy atom. The van der Waals surface area contributed by atoms with Crippen LogP contribution in [-0.4, -0.2) is 12.6 Å². The van der Waals surface area contributed by atoms with Crippen LogP contribution < -0.4 is 4.74 Å². The molecule has 0 aromatic heterocycles. The van der Waals surface area contributed by atoms with Crippen molar-refractivity contribution in [3.63, 3.8) is 0 Å². The Balaban J connectivity index is 0. The molecule has 1 aromatic rings. The molecule has 0 atom stereocenters. The fourth-order valence-electron chi connectivity index (χ4n) is 0.777. The molecular formula is C11H17F3OS. The van der Waals surface area contributed by atoms with Crippen LogP contribution in [0, 0.1) is 0 Å². The molecule has 0 spiro atoms. The van der Waals surface area contributed by atoms with Crippen LogP contribution in [-0.2, 0) is 0 Å². The van der Waals surface area contributed by atoms with E-state index >= 15 is 0 Å². The third-order valence-corrected chi connectivity index (χ3v) is 2.04. The van der Waals surface area contributed by atoms with Crippen LogP contribution >= 0.6 is 11.8 Å². The summed E-state index contributed by atoms with van der Waals surface area (Å²) < 4.78 is 38.8. The van der Waals surface area contributed by atoms with E-state index < -0.39 is 6.36 Å². The molecule has 0 aliphatic rings. The van der Waals surface area contributed by atoms with E-state index in [1.807, 2.05) is 20.1 Å². The lowest BCUT2D eigenvalue weighted by Crippen LogP contribution is -2.16. The number of ether oxygens (including phenoxy) is 1. The average molecular weight is 254 g/mol. The van der Waals surface area contributed by atoms with Gasteiger partial charge < -0.3 is 4.74 Å². The van der Waals surface area contributed by atoms with E-state index in [9.17, 15) is 13.2 Å². The maximum Gasteiger partial charge on any atom is 0.573 e. The van der Waals surface area contributed by atoms with Gasteiger partial charge in [-0.05, 0) is 30.5 Å². The molecule has 0 unspecified atom stereocenters. The normalized spacial score (nSPS) is 9.62. The third-order valence-electron chi connectivity index (χ3n) is 1.29. The molecule has 0 saturated carbocycles. The molecule has 0 bridgehead atoms. The van der Waals surface area contributed by atoms with Gasteiger partial charge in [0.1, 0.15) is 5.75 Å². The second kappa shape index (κ2) is 8.33. The molecule has 16 heavy (non-hydrogen) atoms. The molecule has 1 rings (SSSR count). The minimum absolute atomic E-state index is 0. The summed E-state index contributed by atoms with van der Waals surface area (Å²) in [5, 5.41) is 0. The second-order valence-corrected chi connectivity index (χ2v) is 3.10. The number of hydrogen-bond acceptors (Lipinski definition) is 2. The topological polar surface area (TPSA) is 9.23 Å². The number of benzene rings is 1. The molecule has 1 nitrogen and oxygen atoms in total.